The summed E-state index contributed by atoms with van der Waals surface area (Å²) in [6.45, 7) is 2.12. The smallest absolute Gasteiger partial charge is 0.318 e. The van der Waals surface area contributed by atoms with Crippen molar-refractivity contribution < 1.29 is 4.79 Å². The largest absolute Gasteiger partial charge is 0.335 e. The molecular formula is C18H26N6O. The molecule has 134 valence electrons. The highest BCUT2D eigenvalue weighted by Gasteiger charge is 2.28. The van der Waals surface area contributed by atoms with E-state index >= 15 is 0 Å². The number of nitrogens with one attached hydrogen (secondary N) is 1. The maximum absolute atomic E-state index is 12.6. The Bertz CT molecular complexity index is 688. The zero-order valence-corrected chi connectivity index (χ0v) is 14.5. The molecule has 1 aliphatic heterocycles. The maximum atomic E-state index is 12.6. The predicted octanol–water partition coefficient (Wildman–Crippen LogP) is 2.57. The minimum absolute atomic E-state index is 0.0121. The summed E-state index contributed by atoms with van der Waals surface area (Å²) < 4.78 is 4.12. The highest BCUT2D eigenvalue weighted by Crippen LogP contribution is 2.28. The van der Waals surface area contributed by atoms with Gasteiger partial charge in [0.25, 0.3) is 0 Å². The van der Waals surface area contributed by atoms with Crippen LogP contribution in [0.4, 0.5) is 4.79 Å². The molecule has 2 fully saturated rings. The fourth-order valence-electron chi connectivity index (χ4n) is 4.04. The third-order valence-corrected chi connectivity index (χ3v) is 5.40. The molecule has 2 aromatic heterocycles. The van der Waals surface area contributed by atoms with Gasteiger partial charge in [-0.25, -0.2) is 9.78 Å². The number of carbonyl (C=O) groups excluding carboxylic acids is 1. The number of urea groups is 1. The number of carbonyl (C=O) groups is 1. The van der Waals surface area contributed by atoms with Gasteiger partial charge in [0.1, 0.15) is 0 Å². The van der Waals surface area contributed by atoms with Crippen molar-refractivity contribution in [2.24, 2.45) is 0 Å². The van der Waals surface area contributed by atoms with Crippen molar-refractivity contribution in [2.45, 2.75) is 63.7 Å². The molecule has 0 aromatic carbocycles. The number of aromatic nitrogens is 4. The Morgan fingerprint density at radius 2 is 2.08 bits per heavy atom. The highest BCUT2D eigenvalue weighted by molar-refractivity contribution is 5.74. The Kier molecular flexibility index (Phi) is 4.72. The minimum atomic E-state index is 0.0121. The van der Waals surface area contributed by atoms with E-state index in [1.54, 1.807) is 6.20 Å². The molecule has 25 heavy (non-hydrogen) atoms. The molecule has 1 saturated carbocycles. The number of rotatable bonds is 5. The molecule has 1 N–H and O–H groups in total. The monoisotopic (exact) mass is 342 g/mol. The van der Waals surface area contributed by atoms with Gasteiger partial charge in [-0.15, -0.1) is 0 Å². The lowest BCUT2D eigenvalue weighted by Crippen LogP contribution is -2.44. The van der Waals surface area contributed by atoms with E-state index in [1.165, 1.54) is 25.7 Å². The number of hydrogen-bond donors (Lipinski definition) is 1. The summed E-state index contributed by atoms with van der Waals surface area (Å²) >= 11 is 0. The van der Waals surface area contributed by atoms with Gasteiger partial charge < -0.3 is 14.8 Å². The molecule has 7 nitrogen and oxygen atoms in total. The first-order valence-corrected chi connectivity index (χ1v) is 9.34. The van der Waals surface area contributed by atoms with Crippen LogP contribution in [0.1, 0.15) is 50.3 Å². The fraction of sp³-hybridized carbons (Fsp3) is 0.611. The summed E-state index contributed by atoms with van der Waals surface area (Å²) in [5.74, 6) is 0. The Hall–Kier alpha value is -2.31. The van der Waals surface area contributed by atoms with E-state index in [0.29, 0.717) is 12.6 Å². The zero-order valence-electron chi connectivity index (χ0n) is 14.5. The first-order valence-electron chi connectivity index (χ1n) is 9.34. The summed E-state index contributed by atoms with van der Waals surface area (Å²) in [6.07, 6.45) is 14.7. The second kappa shape index (κ2) is 7.29. The van der Waals surface area contributed by atoms with Crippen molar-refractivity contribution in [3.63, 3.8) is 0 Å². The topological polar surface area (TPSA) is 68.0 Å². The Morgan fingerprint density at radius 3 is 2.88 bits per heavy atom. The lowest BCUT2D eigenvalue weighted by atomic mass is 10.2. The summed E-state index contributed by atoms with van der Waals surface area (Å²) in [5.41, 5.74) is 0.936. The lowest BCUT2D eigenvalue weighted by Gasteiger charge is -2.25. The zero-order chi connectivity index (χ0) is 17.1. The van der Waals surface area contributed by atoms with Crippen molar-refractivity contribution in [2.75, 3.05) is 6.54 Å². The van der Waals surface area contributed by atoms with Crippen LogP contribution in [0.2, 0.25) is 0 Å². The van der Waals surface area contributed by atoms with Gasteiger partial charge in [0.15, 0.2) is 0 Å². The van der Waals surface area contributed by atoms with Gasteiger partial charge in [-0.3, -0.25) is 4.68 Å². The normalized spacial score (nSPS) is 21.1. The summed E-state index contributed by atoms with van der Waals surface area (Å²) in [4.78, 5) is 18.6. The molecule has 0 spiro atoms. The van der Waals surface area contributed by atoms with Gasteiger partial charge in [0.2, 0.25) is 0 Å². The Morgan fingerprint density at radius 1 is 1.20 bits per heavy atom. The number of amides is 2. The van der Waals surface area contributed by atoms with Crippen LogP contribution in [-0.2, 0) is 13.1 Å². The van der Waals surface area contributed by atoms with Crippen LogP contribution in [0.15, 0.2) is 31.0 Å². The molecule has 1 atom stereocenters. The third kappa shape index (κ3) is 3.70. The predicted molar refractivity (Wildman–Crippen MR) is 93.9 cm³/mol. The van der Waals surface area contributed by atoms with Crippen molar-refractivity contribution in [1.29, 1.82) is 0 Å². The van der Waals surface area contributed by atoms with E-state index in [9.17, 15) is 4.79 Å². The third-order valence-electron chi connectivity index (χ3n) is 5.40. The molecule has 2 aromatic rings. The second-order valence-electron chi connectivity index (χ2n) is 7.13. The SMILES string of the molecule is O=C(NCc1ccn(C2CCCC2)n1)N1CCC[C@H]1Cn1ccnc1. The van der Waals surface area contributed by atoms with Crippen molar-refractivity contribution in [3.05, 3.63) is 36.7 Å². The van der Waals surface area contributed by atoms with E-state index in [4.69, 9.17) is 0 Å². The van der Waals surface area contributed by atoms with Crippen LogP contribution in [0.5, 0.6) is 0 Å². The number of nitrogens with zero attached hydrogens (tertiary/aromatic N) is 5. The molecule has 1 saturated heterocycles. The Labute approximate surface area is 148 Å². The number of likely N-dealkylation sites (tertiary alicyclic amines) is 1. The van der Waals surface area contributed by atoms with Crippen molar-refractivity contribution in [3.8, 4) is 0 Å². The second-order valence-corrected chi connectivity index (χ2v) is 7.13. The molecule has 4 rings (SSSR count). The summed E-state index contributed by atoms with van der Waals surface area (Å²) in [6, 6.07) is 2.82. The highest BCUT2D eigenvalue weighted by atomic mass is 16.2. The van der Waals surface area contributed by atoms with Crippen LogP contribution in [0.3, 0.4) is 0 Å². The summed E-state index contributed by atoms with van der Waals surface area (Å²) in [7, 11) is 0. The fourth-order valence-corrected chi connectivity index (χ4v) is 4.04. The van der Waals surface area contributed by atoms with Gasteiger partial charge in [-0.05, 0) is 31.7 Å². The minimum Gasteiger partial charge on any atom is -0.335 e. The van der Waals surface area contributed by atoms with Crippen LogP contribution in [0.25, 0.3) is 0 Å². The van der Waals surface area contributed by atoms with Gasteiger partial charge in [-0.2, -0.15) is 5.10 Å². The van der Waals surface area contributed by atoms with E-state index in [2.05, 4.69) is 26.3 Å². The molecular weight excluding hydrogens is 316 g/mol. The van der Waals surface area contributed by atoms with E-state index < -0.39 is 0 Å². The van der Waals surface area contributed by atoms with Gasteiger partial charge >= 0.3 is 6.03 Å². The average Bonchev–Trinajstić information content (AvgIpc) is 3.39. The van der Waals surface area contributed by atoms with E-state index in [-0.39, 0.29) is 12.1 Å². The van der Waals surface area contributed by atoms with Gasteiger partial charge in [-0.1, -0.05) is 12.8 Å². The number of imidazole rings is 1. The first-order chi connectivity index (χ1) is 12.3. The van der Waals surface area contributed by atoms with Gasteiger partial charge in [0, 0.05) is 31.7 Å². The quantitative estimate of drug-likeness (QED) is 0.908. The number of hydrogen-bond acceptors (Lipinski definition) is 3. The average molecular weight is 342 g/mol. The van der Waals surface area contributed by atoms with Gasteiger partial charge in [0.05, 0.1) is 30.6 Å². The van der Waals surface area contributed by atoms with Crippen LogP contribution in [-0.4, -0.2) is 42.8 Å². The van der Waals surface area contributed by atoms with Crippen molar-refractivity contribution >= 4 is 6.03 Å². The van der Waals surface area contributed by atoms with E-state index in [1.807, 2.05) is 28.1 Å². The molecule has 2 amide bonds. The molecule has 0 bridgehead atoms. The van der Waals surface area contributed by atoms with Crippen LogP contribution >= 0.6 is 0 Å². The molecule has 0 unspecified atom stereocenters. The molecule has 7 heteroatoms. The molecule has 0 radical (unpaired) electrons. The van der Waals surface area contributed by atoms with E-state index in [0.717, 1.165) is 31.6 Å². The van der Waals surface area contributed by atoms with Crippen LogP contribution < -0.4 is 5.32 Å². The molecule has 3 heterocycles. The Balaban J connectivity index is 1.30. The molecule has 2 aliphatic rings. The summed E-state index contributed by atoms with van der Waals surface area (Å²) in [5, 5.41) is 7.68. The first kappa shape index (κ1) is 16.2. The standard InChI is InChI=1S/C18H26N6O/c25-18(23-9-3-6-17(23)13-22-11-8-19-14-22)20-12-15-7-10-24(21-15)16-4-1-2-5-16/h7-8,10-11,14,16-17H,1-6,9,12-13H2,(H,20,25)/t17-/m0/s1. The maximum Gasteiger partial charge on any atom is 0.318 e. The lowest BCUT2D eigenvalue weighted by molar-refractivity contribution is 0.187. The molecule has 1 aliphatic carbocycles. The van der Waals surface area contributed by atoms with Crippen LogP contribution in [0, 0.1) is 0 Å². The van der Waals surface area contributed by atoms with Crippen molar-refractivity contribution in [1.82, 2.24) is 29.5 Å².